The third-order valence-corrected chi connectivity index (χ3v) is 4.37. The van der Waals surface area contributed by atoms with Crippen LogP contribution in [0, 0.1) is 0 Å². The fourth-order valence-corrected chi connectivity index (χ4v) is 3.10. The van der Waals surface area contributed by atoms with Gasteiger partial charge in [0.05, 0.1) is 11.7 Å². The van der Waals surface area contributed by atoms with E-state index in [0.29, 0.717) is 18.2 Å². The molecule has 2 aromatic rings. The van der Waals surface area contributed by atoms with Gasteiger partial charge < -0.3 is 9.52 Å². The third-order valence-electron chi connectivity index (χ3n) is 4.37. The topological polar surface area (TPSA) is 51.2 Å². The summed E-state index contributed by atoms with van der Waals surface area (Å²) in [5, 5.41) is 14.9. The zero-order chi connectivity index (χ0) is 14.7. The molecule has 1 aliphatic carbocycles. The summed E-state index contributed by atoms with van der Waals surface area (Å²) in [6, 6.07) is 6.35. The number of rotatable bonds is 5. The maximum Gasteiger partial charge on any atom is 0.133 e. The molecule has 1 unspecified atom stereocenters. The molecule has 2 heterocycles. The molecule has 4 nitrogen and oxygen atoms in total. The minimum atomic E-state index is -0.611. The van der Waals surface area contributed by atoms with E-state index in [-0.39, 0.29) is 0 Å². The Hall–Kier alpha value is -1.55. The van der Waals surface area contributed by atoms with Crippen LogP contribution < -0.4 is 0 Å². The summed E-state index contributed by atoms with van der Waals surface area (Å²) in [4.78, 5) is 0. The molecule has 3 rings (SSSR count). The molecule has 114 valence electrons. The fraction of sp³-hybridized carbons (Fsp3) is 0.588. The summed E-state index contributed by atoms with van der Waals surface area (Å²) in [5.41, 5.74) is 0.933. The highest BCUT2D eigenvalue weighted by molar-refractivity contribution is 5.12. The second-order valence-corrected chi connectivity index (χ2v) is 5.96. The minimum absolute atomic E-state index is 0.510. The lowest BCUT2D eigenvalue weighted by Crippen LogP contribution is -2.13. The predicted octanol–water partition coefficient (Wildman–Crippen LogP) is 3.82. The molecule has 0 radical (unpaired) electrons. The molecule has 0 aliphatic heterocycles. The molecular formula is C17H24N2O2. The lowest BCUT2D eigenvalue weighted by Gasteiger charge is -2.21. The van der Waals surface area contributed by atoms with Crippen LogP contribution in [0.15, 0.2) is 28.8 Å². The van der Waals surface area contributed by atoms with Crippen molar-refractivity contribution >= 4 is 0 Å². The Balaban J connectivity index is 1.63. The average Bonchev–Trinajstić information content (AvgIpc) is 3.17. The highest BCUT2D eigenvalue weighted by atomic mass is 16.4. The SMILES string of the molecule is CCc1ccc(C(O)Cc2ccn(C3CCCCC3)n2)o1. The van der Waals surface area contributed by atoms with Gasteiger partial charge in [0, 0.05) is 19.0 Å². The molecule has 21 heavy (non-hydrogen) atoms. The summed E-state index contributed by atoms with van der Waals surface area (Å²) in [5.74, 6) is 1.55. The van der Waals surface area contributed by atoms with Crippen molar-refractivity contribution in [2.45, 2.75) is 64.0 Å². The van der Waals surface area contributed by atoms with Crippen molar-refractivity contribution < 1.29 is 9.52 Å². The van der Waals surface area contributed by atoms with Crippen molar-refractivity contribution in [3.05, 3.63) is 41.6 Å². The Bertz CT molecular complexity index is 567. The second-order valence-electron chi connectivity index (χ2n) is 5.96. The van der Waals surface area contributed by atoms with Gasteiger partial charge in [-0.1, -0.05) is 26.2 Å². The van der Waals surface area contributed by atoms with Crippen LogP contribution in [0.1, 0.15) is 68.4 Å². The normalized spacial score (nSPS) is 18.0. The van der Waals surface area contributed by atoms with E-state index in [1.807, 2.05) is 25.1 Å². The smallest absolute Gasteiger partial charge is 0.133 e. The highest BCUT2D eigenvalue weighted by Gasteiger charge is 2.18. The van der Waals surface area contributed by atoms with Crippen LogP contribution in [0.4, 0.5) is 0 Å². The molecule has 4 heteroatoms. The Labute approximate surface area is 125 Å². The third kappa shape index (κ3) is 3.38. The molecule has 1 fully saturated rings. The highest BCUT2D eigenvalue weighted by Crippen LogP contribution is 2.28. The van der Waals surface area contributed by atoms with Gasteiger partial charge in [0.25, 0.3) is 0 Å². The summed E-state index contributed by atoms with van der Waals surface area (Å²) >= 11 is 0. The van der Waals surface area contributed by atoms with Crippen molar-refractivity contribution in [1.82, 2.24) is 9.78 Å². The molecule has 1 N–H and O–H groups in total. The lowest BCUT2D eigenvalue weighted by atomic mass is 9.96. The lowest BCUT2D eigenvalue weighted by molar-refractivity contribution is 0.147. The fourth-order valence-electron chi connectivity index (χ4n) is 3.10. The summed E-state index contributed by atoms with van der Waals surface area (Å²) in [6.45, 7) is 2.04. The number of aliphatic hydroxyl groups is 1. The minimum Gasteiger partial charge on any atom is -0.463 e. The van der Waals surface area contributed by atoms with Gasteiger partial charge in [0.1, 0.15) is 17.6 Å². The van der Waals surface area contributed by atoms with Crippen LogP contribution >= 0.6 is 0 Å². The van der Waals surface area contributed by atoms with E-state index in [4.69, 9.17) is 4.42 Å². The number of furan rings is 1. The van der Waals surface area contributed by atoms with Crippen LogP contribution in [0.25, 0.3) is 0 Å². The van der Waals surface area contributed by atoms with Crippen LogP contribution in [-0.4, -0.2) is 14.9 Å². The van der Waals surface area contributed by atoms with Crippen molar-refractivity contribution in [2.75, 3.05) is 0 Å². The van der Waals surface area contributed by atoms with Crippen molar-refractivity contribution in [3.63, 3.8) is 0 Å². The summed E-state index contributed by atoms with van der Waals surface area (Å²) in [6.07, 6.45) is 9.20. The van der Waals surface area contributed by atoms with Gasteiger partial charge in [0.15, 0.2) is 0 Å². The van der Waals surface area contributed by atoms with Gasteiger partial charge in [-0.25, -0.2) is 0 Å². The van der Waals surface area contributed by atoms with E-state index in [1.165, 1.54) is 32.1 Å². The summed E-state index contributed by atoms with van der Waals surface area (Å²) in [7, 11) is 0. The van der Waals surface area contributed by atoms with Gasteiger partial charge in [0.2, 0.25) is 0 Å². The first-order chi connectivity index (χ1) is 10.3. The van der Waals surface area contributed by atoms with E-state index >= 15 is 0 Å². The van der Waals surface area contributed by atoms with Gasteiger partial charge in [-0.3, -0.25) is 4.68 Å². The quantitative estimate of drug-likeness (QED) is 0.910. The molecule has 1 atom stereocenters. The molecule has 2 aromatic heterocycles. The van der Waals surface area contributed by atoms with E-state index < -0.39 is 6.10 Å². The zero-order valence-electron chi connectivity index (χ0n) is 12.7. The van der Waals surface area contributed by atoms with Gasteiger partial charge in [-0.15, -0.1) is 0 Å². The molecule has 0 saturated heterocycles. The first-order valence-electron chi connectivity index (χ1n) is 8.07. The molecule has 0 amide bonds. The van der Waals surface area contributed by atoms with E-state index in [1.54, 1.807) is 0 Å². The monoisotopic (exact) mass is 288 g/mol. The summed E-state index contributed by atoms with van der Waals surface area (Å²) < 4.78 is 7.69. The Morgan fingerprint density at radius 3 is 2.81 bits per heavy atom. The maximum absolute atomic E-state index is 10.3. The predicted molar refractivity (Wildman–Crippen MR) is 81.1 cm³/mol. The molecule has 0 spiro atoms. The maximum atomic E-state index is 10.3. The number of aryl methyl sites for hydroxylation is 1. The van der Waals surface area contributed by atoms with E-state index in [0.717, 1.165) is 17.9 Å². The van der Waals surface area contributed by atoms with Crippen molar-refractivity contribution in [3.8, 4) is 0 Å². The van der Waals surface area contributed by atoms with Crippen molar-refractivity contribution in [1.29, 1.82) is 0 Å². The van der Waals surface area contributed by atoms with Gasteiger partial charge >= 0.3 is 0 Å². The Morgan fingerprint density at radius 1 is 1.29 bits per heavy atom. The number of aromatic nitrogens is 2. The van der Waals surface area contributed by atoms with E-state index in [2.05, 4.69) is 16.0 Å². The first kappa shape index (κ1) is 14.4. The van der Waals surface area contributed by atoms with Gasteiger partial charge in [-0.2, -0.15) is 5.10 Å². The molecule has 0 bridgehead atoms. The van der Waals surface area contributed by atoms with E-state index in [9.17, 15) is 5.11 Å². The van der Waals surface area contributed by atoms with Crippen LogP contribution in [-0.2, 0) is 12.8 Å². The van der Waals surface area contributed by atoms with Crippen LogP contribution in [0.5, 0.6) is 0 Å². The molecule has 0 aromatic carbocycles. The molecule has 1 saturated carbocycles. The largest absolute Gasteiger partial charge is 0.463 e. The van der Waals surface area contributed by atoms with Crippen LogP contribution in [0.2, 0.25) is 0 Å². The first-order valence-corrected chi connectivity index (χ1v) is 8.07. The molecular weight excluding hydrogens is 264 g/mol. The average molecular weight is 288 g/mol. The van der Waals surface area contributed by atoms with Gasteiger partial charge in [-0.05, 0) is 31.0 Å². The molecule has 1 aliphatic rings. The number of hydrogen-bond donors (Lipinski definition) is 1. The number of nitrogens with zero attached hydrogens (tertiary/aromatic N) is 2. The Morgan fingerprint density at radius 2 is 2.10 bits per heavy atom. The zero-order valence-corrected chi connectivity index (χ0v) is 12.7. The van der Waals surface area contributed by atoms with Crippen molar-refractivity contribution in [2.24, 2.45) is 0 Å². The number of aliphatic hydroxyl groups excluding tert-OH is 1. The standard InChI is InChI=1S/C17H24N2O2/c1-2-15-8-9-17(21-15)16(20)12-13-10-11-19(18-13)14-6-4-3-5-7-14/h8-11,14,16,20H,2-7,12H2,1H3. The second kappa shape index (κ2) is 6.48. The Kier molecular flexibility index (Phi) is 4.44. The van der Waals surface area contributed by atoms with Crippen LogP contribution in [0.3, 0.4) is 0 Å². The number of hydrogen-bond acceptors (Lipinski definition) is 3.